The van der Waals surface area contributed by atoms with Crippen LogP contribution in [0.25, 0.3) is 10.2 Å². The third-order valence-corrected chi connectivity index (χ3v) is 5.12. The maximum atomic E-state index is 12.2. The molecule has 0 atom stereocenters. The van der Waals surface area contributed by atoms with E-state index in [0.29, 0.717) is 12.8 Å². The highest BCUT2D eigenvalue weighted by atomic mass is 32.1. The van der Waals surface area contributed by atoms with Crippen LogP contribution < -0.4 is 10.2 Å². The predicted molar refractivity (Wildman–Crippen MR) is 104 cm³/mol. The highest BCUT2D eigenvalue weighted by Crippen LogP contribution is 2.22. The number of nitrogens with zero attached hydrogens (tertiary/aromatic N) is 3. The Bertz CT molecular complexity index is 807. The second-order valence-corrected chi connectivity index (χ2v) is 6.82. The highest BCUT2D eigenvalue weighted by molar-refractivity contribution is 7.18. The number of anilines is 2. The second-order valence-electron chi connectivity index (χ2n) is 5.70. The molecule has 6 heteroatoms. The Morgan fingerprint density at radius 1 is 1.16 bits per heavy atom. The molecule has 1 N–H and O–H groups in total. The highest BCUT2D eigenvalue weighted by Gasteiger charge is 2.08. The second kappa shape index (κ2) is 8.07. The molecule has 3 rings (SSSR count). The van der Waals surface area contributed by atoms with Crippen LogP contribution in [-0.4, -0.2) is 29.0 Å². The van der Waals surface area contributed by atoms with Crippen LogP contribution in [0.4, 0.5) is 11.5 Å². The van der Waals surface area contributed by atoms with Gasteiger partial charge in [0.1, 0.15) is 5.82 Å². The Hall–Kier alpha value is -2.47. The number of aryl methyl sites for hydroxylation is 1. The summed E-state index contributed by atoms with van der Waals surface area (Å²) >= 11 is 1.65. The smallest absolute Gasteiger partial charge is 0.224 e. The Balaban J connectivity index is 1.55. The van der Waals surface area contributed by atoms with Gasteiger partial charge in [-0.3, -0.25) is 4.79 Å². The molecule has 0 saturated heterocycles. The van der Waals surface area contributed by atoms with Crippen molar-refractivity contribution in [1.29, 1.82) is 0 Å². The zero-order valence-corrected chi connectivity index (χ0v) is 15.3. The van der Waals surface area contributed by atoms with E-state index < -0.39 is 0 Å². The summed E-state index contributed by atoms with van der Waals surface area (Å²) in [5, 5.41) is 3.90. The van der Waals surface area contributed by atoms with Gasteiger partial charge in [0.25, 0.3) is 0 Å². The molecule has 2 heterocycles. The van der Waals surface area contributed by atoms with E-state index in [-0.39, 0.29) is 5.91 Å². The molecule has 3 aromatic rings. The summed E-state index contributed by atoms with van der Waals surface area (Å²) < 4.78 is 1.16. The number of nitrogens with one attached hydrogen (secondary N) is 1. The first-order valence-electron chi connectivity index (χ1n) is 8.55. The molecule has 2 aromatic heterocycles. The van der Waals surface area contributed by atoms with Crippen LogP contribution in [0, 0.1) is 0 Å². The Kier molecular flexibility index (Phi) is 5.60. The fourth-order valence-corrected chi connectivity index (χ4v) is 3.63. The standard InChI is InChI=1S/C19H22N4OS/c1-3-23(4-2)17-10-9-14(13-20-17)21-18(24)11-12-19-22-15-7-5-6-8-16(15)25-19/h5-10,13H,3-4,11-12H2,1-2H3,(H,21,24). The van der Waals surface area contributed by atoms with E-state index in [1.165, 1.54) is 0 Å². The number of rotatable bonds is 7. The van der Waals surface area contributed by atoms with E-state index in [4.69, 9.17) is 0 Å². The number of thiazole rings is 1. The van der Waals surface area contributed by atoms with Gasteiger partial charge >= 0.3 is 0 Å². The van der Waals surface area contributed by atoms with Gasteiger partial charge in [0.2, 0.25) is 5.91 Å². The quantitative estimate of drug-likeness (QED) is 0.694. The number of para-hydroxylation sites is 1. The summed E-state index contributed by atoms with van der Waals surface area (Å²) in [7, 11) is 0. The molecule has 0 fully saturated rings. The molecular formula is C19H22N4OS. The number of carbonyl (C=O) groups is 1. The minimum Gasteiger partial charge on any atom is -0.357 e. The van der Waals surface area contributed by atoms with Crippen molar-refractivity contribution in [1.82, 2.24) is 9.97 Å². The van der Waals surface area contributed by atoms with Crippen molar-refractivity contribution >= 4 is 39.0 Å². The van der Waals surface area contributed by atoms with Crippen molar-refractivity contribution in [2.75, 3.05) is 23.3 Å². The maximum Gasteiger partial charge on any atom is 0.224 e. The number of fused-ring (bicyclic) bond motifs is 1. The van der Waals surface area contributed by atoms with E-state index in [1.807, 2.05) is 30.3 Å². The van der Waals surface area contributed by atoms with Crippen molar-refractivity contribution in [2.24, 2.45) is 0 Å². The first-order valence-corrected chi connectivity index (χ1v) is 9.36. The van der Waals surface area contributed by atoms with Crippen molar-refractivity contribution in [3.8, 4) is 0 Å². The van der Waals surface area contributed by atoms with Crippen molar-refractivity contribution in [3.63, 3.8) is 0 Å². The molecule has 0 aliphatic heterocycles. The van der Waals surface area contributed by atoms with Crippen LogP contribution in [0.2, 0.25) is 0 Å². The minimum absolute atomic E-state index is 0.0170. The number of carbonyl (C=O) groups excluding carboxylic acids is 1. The number of amides is 1. The molecule has 0 aliphatic rings. The normalized spacial score (nSPS) is 10.8. The molecule has 0 radical (unpaired) electrons. The lowest BCUT2D eigenvalue weighted by Crippen LogP contribution is -2.22. The average Bonchev–Trinajstić information content (AvgIpc) is 3.05. The first kappa shape index (κ1) is 17.4. The van der Waals surface area contributed by atoms with Crippen molar-refractivity contribution < 1.29 is 4.79 Å². The van der Waals surface area contributed by atoms with Gasteiger partial charge in [-0.1, -0.05) is 12.1 Å². The van der Waals surface area contributed by atoms with Crippen LogP contribution in [0.5, 0.6) is 0 Å². The van der Waals surface area contributed by atoms with Crippen LogP contribution in [0.1, 0.15) is 25.3 Å². The largest absolute Gasteiger partial charge is 0.357 e. The van der Waals surface area contributed by atoms with Crippen LogP contribution in [0.3, 0.4) is 0 Å². The molecule has 25 heavy (non-hydrogen) atoms. The van der Waals surface area contributed by atoms with E-state index >= 15 is 0 Å². The first-order chi connectivity index (χ1) is 12.2. The molecule has 0 aliphatic carbocycles. The lowest BCUT2D eigenvalue weighted by molar-refractivity contribution is -0.116. The molecular weight excluding hydrogens is 332 g/mol. The van der Waals surface area contributed by atoms with Gasteiger partial charge in [-0.05, 0) is 38.1 Å². The number of benzene rings is 1. The molecule has 130 valence electrons. The minimum atomic E-state index is -0.0170. The van der Waals surface area contributed by atoms with Gasteiger partial charge in [0, 0.05) is 25.9 Å². The molecule has 0 unspecified atom stereocenters. The zero-order valence-electron chi connectivity index (χ0n) is 14.5. The fourth-order valence-electron chi connectivity index (χ4n) is 2.67. The zero-order chi connectivity index (χ0) is 17.6. The molecule has 0 spiro atoms. The number of hydrogen-bond donors (Lipinski definition) is 1. The van der Waals surface area contributed by atoms with Crippen LogP contribution in [-0.2, 0) is 11.2 Å². The third kappa shape index (κ3) is 4.33. The monoisotopic (exact) mass is 354 g/mol. The maximum absolute atomic E-state index is 12.2. The average molecular weight is 354 g/mol. The molecule has 1 amide bonds. The van der Waals surface area contributed by atoms with E-state index in [9.17, 15) is 4.79 Å². The summed E-state index contributed by atoms with van der Waals surface area (Å²) in [4.78, 5) is 23.3. The van der Waals surface area contributed by atoms with Crippen molar-refractivity contribution in [2.45, 2.75) is 26.7 Å². The fraction of sp³-hybridized carbons (Fsp3) is 0.316. The van der Waals surface area contributed by atoms with E-state index in [1.54, 1.807) is 17.5 Å². The number of pyridine rings is 1. The topological polar surface area (TPSA) is 58.1 Å². The van der Waals surface area contributed by atoms with Crippen LogP contribution in [0.15, 0.2) is 42.6 Å². The van der Waals surface area contributed by atoms with Crippen LogP contribution >= 0.6 is 11.3 Å². The van der Waals surface area contributed by atoms with Gasteiger partial charge in [0.15, 0.2) is 0 Å². The SMILES string of the molecule is CCN(CC)c1ccc(NC(=O)CCc2nc3ccccc3s2)cn1. The number of hydrogen-bond acceptors (Lipinski definition) is 5. The number of aromatic nitrogens is 2. The lowest BCUT2D eigenvalue weighted by Gasteiger charge is -2.19. The Morgan fingerprint density at radius 2 is 1.96 bits per heavy atom. The summed E-state index contributed by atoms with van der Waals surface area (Å²) in [5.41, 5.74) is 1.73. The Morgan fingerprint density at radius 3 is 2.64 bits per heavy atom. The van der Waals surface area contributed by atoms with Gasteiger partial charge in [-0.2, -0.15) is 0 Å². The third-order valence-electron chi connectivity index (χ3n) is 4.02. The molecule has 0 bridgehead atoms. The van der Waals surface area contributed by atoms with E-state index in [2.05, 4.69) is 40.1 Å². The summed E-state index contributed by atoms with van der Waals surface area (Å²) in [5.74, 6) is 0.911. The summed E-state index contributed by atoms with van der Waals surface area (Å²) in [6, 6.07) is 11.9. The van der Waals surface area contributed by atoms with Gasteiger partial charge < -0.3 is 10.2 Å². The molecule has 1 aromatic carbocycles. The molecule has 0 saturated carbocycles. The van der Waals surface area contributed by atoms with Gasteiger partial charge in [-0.25, -0.2) is 9.97 Å². The summed E-state index contributed by atoms with van der Waals surface area (Å²) in [6.07, 6.45) is 2.77. The van der Waals surface area contributed by atoms with Gasteiger partial charge in [0.05, 0.1) is 27.1 Å². The van der Waals surface area contributed by atoms with Crippen molar-refractivity contribution in [3.05, 3.63) is 47.6 Å². The van der Waals surface area contributed by atoms with Gasteiger partial charge in [-0.15, -0.1) is 11.3 Å². The molecule has 5 nitrogen and oxygen atoms in total. The van der Waals surface area contributed by atoms with E-state index in [0.717, 1.165) is 39.8 Å². The Labute approximate surface area is 151 Å². The summed E-state index contributed by atoms with van der Waals surface area (Å²) in [6.45, 7) is 6.03. The lowest BCUT2D eigenvalue weighted by atomic mass is 10.3. The predicted octanol–water partition coefficient (Wildman–Crippen LogP) is 4.11.